The van der Waals surface area contributed by atoms with E-state index in [4.69, 9.17) is 5.11 Å². The van der Waals surface area contributed by atoms with Crippen LogP contribution in [-0.4, -0.2) is 59.0 Å². The summed E-state index contributed by atoms with van der Waals surface area (Å²) in [4.78, 5) is 27.3. The monoisotopic (exact) mass is 282 g/mol. The lowest BCUT2D eigenvalue weighted by molar-refractivity contribution is -0.138. The molecule has 2 heterocycles. The summed E-state index contributed by atoms with van der Waals surface area (Å²) in [5.74, 6) is -0.0432. The number of hydrogen-bond acceptors (Lipinski definition) is 3. The van der Waals surface area contributed by atoms with Crippen molar-refractivity contribution in [3.05, 3.63) is 0 Å². The molecule has 20 heavy (non-hydrogen) atoms. The number of carbonyl (C=O) groups excluding carboxylic acids is 1. The Morgan fingerprint density at radius 3 is 2.55 bits per heavy atom. The molecule has 5 nitrogen and oxygen atoms in total. The minimum atomic E-state index is -0.719. The van der Waals surface area contributed by atoms with Gasteiger partial charge in [0.2, 0.25) is 5.91 Å². The first-order chi connectivity index (χ1) is 9.58. The normalized spacial score (nSPS) is 25.6. The summed E-state index contributed by atoms with van der Waals surface area (Å²) >= 11 is 0. The van der Waals surface area contributed by atoms with E-state index in [1.54, 1.807) is 0 Å². The molecule has 2 rings (SSSR count). The molecule has 0 aromatic carbocycles. The molecule has 2 aliphatic heterocycles. The number of amides is 1. The molecule has 0 radical (unpaired) electrons. The molecule has 2 fully saturated rings. The molecule has 0 saturated carbocycles. The Morgan fingerprint density at radius 1 is 1.20 bits per heavy atom. The Hall–Kier alpha value is -1.10. The van der Waals surface area contributed by atoms with Gasteiger partial charge in [-0.2, -0.15) is 0 Å². The molecule has 0 aromatic rings. The van der Waals surface area contributed by atoms with Crippen LogP contribution in [0.4, 0.5) is 0 Å². The second-order valence-electron chi connectivity index (χ2n) is 6.14. The summed E-state index contributed by atoms with van der Waals surface area (Å²) in [5.41, 5.74) is 0. The zero-order chi connectivity index (χ0) is 14.5. The van der Waals surface area contributed by atoms with Crippen molar-refractivity contribution in [2.24, 2.45) is 5.92 Å². The molecule has 114 valence electrons. The zero-order valence-electron chi connectivity index (χ0n) is 12.4. The lowest BCUT2D eigenvalue weighted by Crippen LogP contribution is -2.49. The first-order valence-corrected chi connectivity index (χ1v) is 7.82. The number of likely N-dealkylation sites (tertiary alicyclic amines) is 2. The molecule has 1 N–H and O–H groups in total. The molecular weight excluding hydrogens is 256 g/mol. The van der Waals surface area contributed by atoms with Crippen LogP contribution in [0.1, 0.15) is 45.4 Å². The third kappa shape index (κ3) is 3.95. The number of rotatable bonds is 5. The van der Waals surface area contributed by atoms with Crippen molar-refractivity contribution in [3.8, 4) is 0 Å². The van der Waals surface area contributed by atoms with Gasteiger partial charge in [-0.05, 0) is 51.5 Å². The van der Waals surface area contributed by atoms with Crippen molar-refractivity contribution < 1.29 is 14.7 Å². The Morgan fingerprint density at radius 2 is 1.90 bits per heavy atom. The van der Waals surface area contributed by atoms with Gasteiger partial charge >= 0.3 is 5.97 Å². The third-order valence-corrected chi connectivity index (χ3v) is 4.64. The van der Waals surface area contributed by atoms with E-state index in [1.165, 1.54) is 0 Å². The maximum atomic E-state index is 12.4. The van der Waals surface area contributed by atoms with E-state index in [-0.39, 0.29) is 18.4 Å². The van der Waals surface area contributed by atoms with Crippen LogP contribution >= 0.6 is 0 Å². The predicted octanol–water partition coefficient (Wildman–Crippen LogP) is 1.57. The third-order valence-electron chi connectivity index (χ3n) is 4.64. The van der Waals surface area contributed by atoms with Crippen molar-refractivity contribution in [2.45, 2.75) is 51.5 Å². The Bertz CT molecular complexity index is 353. The fraction of sp³-hybridized carbons (Fsp3) is 0.867. The van der Waals surface area contributed by atoms with E-state index >= 15 is 0 Å². The average Bonchev–Trinajstić information content (AvgIpc) is 2.98. The van der Waals surface area contributed by atoms with Gasteiger partial charge in [-0.3, -0.25) is 14.5 Å². The molecule has 2 aliphatic rings. The number of nitrogens with zero attached hydrogens (tertiary/aromatic N) is 2. The van der Waals surface area contributed by atoms with Crippen molar-refractivity contribution in [1.29, 1.82) is 0 Å². The van der Waals surface area contributed by atoms with Crippen LogP contribution in [0.5, 0.6) is 0 Å². The fourth-order valence-electron chi connectivity index (χ4n) is 3.37. The minimum absolute atomic E-state index is 0.0549. The second kappa shape index (κ2) is 7.07. The van der Waals surface area contributed by atoms with Gasteiger partial charge in [0.1, 0.15) is 0 Å². The maximum absolute atomic E-state index is 12.4. The van der Waals surface area contributed by atoms with Crippen LogP contribution in [0.2, 0.25) is 0 Å². The number of carbonyl (C=O) groups is 2. The number of carboxylic acid groups (broad SMARTS) is 1. The molecule has 0 spiro atoms. The number of aliphatic carboxylic acids is 1. The molecule has 2 atom stereocenters. The first kappa shape index (κ1) is 15.3. The van der Waals surface area contributed by atoms with Crippen molar-refractivity contribution in [2.75, 3.05) is 26.2 Å². The van der Waals surface area contributed by atoms with Crippen LogP contribution in [-0.2, 0) is 9.59 Å². The van der Waals surface area contributed by atoms with E-state index < -0.39 is 5.97 Å². The standard InChI is InChI=1S/C15H26N2O3/c1-12(15(20)16-8-2-3-9-16)17-10-4-5-13(11-17)6-7-14(18)19/h12-13H,2-11H2,1H3,(H,18,19). The summed E-state index contributed by atoms with van der Waals surface area (Å²) in [7, 11) is 0. The van der Waals surface area contributed by atoms with Crippen LogP contribution in [0.15, 0.2) is 0 Å². The highest BCUT2D eigenvalue weighted by Crippen LogP contribution is 2.23. The van der Waals surface area contributed by atoms with Gasteiger partial charge in [0.15, 0.2) is 0 Å². The molecule has 5 heteroatoms. The molecule has 0 aromatic heterocycles. The predicted molar refractivity (Wildman–Crippen MR) is 76.4 cm³/mol. The first-order valence-electron chi connectivity index (χ1n) is 7.82. The van der Waals surface area contributed by atoms with Gasteiger partial charge in [-0.1, -0.05) is 0 Å². The van der Waals surface area contributed by atoms with Gasteiger partial charge in [0.25, 0.3) is 0 Å². The van der Waals surface area contributed by atoms with E-state index in [0.29, 0.717) is 5.92 Å². The van der Waals surface area contributed by atoms with Gasteiger partial charge in [-0.25, -0.2) is 0 Å². The van der Waals surface area contributed by atoms with E-state index in [2.05, 4.69) is 4.90 Å². The van der Waals surface area contributed by atoms with E-state index in [0.717, 1.165) is 58.3 Å². The van der Waals surface area contributed by atoms with Crippen LogP contribution in [0.3, 0.4) is 0 Å². The molecule has 0 bridgehead atoms. The minimum Gasteiger partial charge on any atom is -0.481 e. The van der Waals surface area contributed by atoms with Gasteiger partial charge in [-0.15, -0.1) is 0 Å². The molecule has 2 unspecified atom stereocenters. The number of hydrogen-bond donors (Lipinski definition) is 1. The number of carboxylic acids is 1. The van der Waals surface area contributed by atoms with Gasteiger partial charge in [0.05, 0.1) is 6.04 Å². The smallest absolute Gasteiger partial charge is 0.303 e. The number of piperidine rings is 1. The SMILES string of the molecule is CC(C(=O)N1CCCC1)N1CCCC(CCC(=O)O)C1. The fourth-order valence-corrected chi connectivity index (χ4v) is 3.37. The lowest BCUT2D eigenvalue weighted by atomic mass is 9.92. The van der Waals surface area contributed by atoms with Crippen molar-refractivity contribution >= 4 is 11.9 Å². The largest absolute Gasteiger partial charge is 0.481 e. The van der Waals surface area contributed by atoms with E-state index in [9.17, 15) is 9.59 Å². The summed E-state index contributed by atoms with van der Waals surface area (Å²) < 4.78 is 0. The summed E-state index contributed by atoms with van der Waals surface area (Å²) in [5, 5.41) is 8.78. The molecule has 1 amide bonds. The van der Waals surface area contributed by atoms with Gasteiger partial charge < -0.3 is 10.0 Å². The quantitative estimate of drug-likeness (QED) is 0.831. The summed E-state index contributed by atoms with van der Waals surface area (Å²) in [6.07, 6.45) is 5.39. The summed E-state index contributed by atoms with van der Waals surface area (Å²) in [6, 6.07) is -0.0549. The molecule has 2 saturated heterocycles. The average molecular weight is 282 g/mol. The van der Waals surface area contributed by atoms with Crippen LogP contribution in [0, 0.1) is 5.92 Å². The highest BCUT2D eigenvalue weighted by molar-refractivity contribution is 5.81. The zero-order valence-corrected chi connectivity index (χ0v) is 12.4. The van der Waals surface area contributed by atoms with Gasteiger partial charge in [0, 0.05) is 26.1 Å². The second-order valence-corrected chi connectivity index (χ2v) is 6.14. The van der Waals surface area contributed by atoms with Crippen LogP contribution in [0.25, 0.3) is 0 Å². The highest BCUT2D eigenvalue weighted by Gasteiger charge is 2.30. The summed E-state index contributed by atoms with van der Waals surface area (Å²) in [6.45, 7) is 5.64. The Labute approximate surface area is 120 Å². The molecular formula is C15H26N2O3. The molecule has 0 aliphatic carbocycles. The Kier molecular flexibility index (Phi) is 5.40. The Balaban J connectivity index is 1.84. The van der Waals surface area contributed by atoms with E-state index in [1.807, 2.05) is 11.8 Å². The maximum Gasteiger partial charge on any atom is 0.303 e. The van der Waals surface area contributed by atoms with Crippen molar-refractivity contribution in [3.63, 3.8) is 0 Å². The van der Waals surface area contributed by atoms with Crippen LogP contribution < -0.4 is 0 Å². The van der Waals surface area contributed by atoms with Crippen molar-refractivity contribution in [1.82, 2.24) is 9.80 Å². The lowest BCUT2D eigenvalue weighted by Gasteiger charge is -2.37. The highest BCUT2D eigenvalue weighted by atomic mass is 16.4. The topological polar surface area (TPSA) is 60.9 Å².